The van der Waals surface area contributed by atoms with Gasteiger partial charge in [0.05, 0.1) is 6.26 Å². The molecule has 0 fully saturated rings. The number of benzene rings is 2. The number of fused-ring (bicyclic) bond motifs is 1. The number of rotatable bonds is 4. The maximum absolute atomic E-state index is 12.5. The van der Waals surface area contributed by atoms with Gasteiger partial charge in [0.25, 0.3) is 5.89 Å². The second-order valence-electron chi connectivity index (χ2n) is 5.76. The van der Waals surface area contributed by atoms with Gasteiger partial charge in [-0.05, 0) is 35.9 Å². The molecule has 6 nitrogen and oxygen atoms in total. The summed E-state index contributed by atoms with van der Waals surface area (Å²) in [4.78, 5) is 0. The van der Waals surface area contributed by atoms with Crippen LogP contribution in [0.5, 0.6) is 5.75 Å². The molecule has 2 heterocycles. The molecule has 4 aromatic rings. The second-order valence-corrected chi connectivity index (χ2v) is 7.02. The van der Waals surface area contributed by atoms with Crippen LogP contribution in [0.15, 0.2) is 62.8 Å². The van der Waals surface area contributed by atoms with Gasteiger partial charge < -0.3 is 18.1 Å². The van der Waals surface area contributed by atoms with Crippen LogP contribution in [-0.4, -0.2) is 27.4 Å². The first-order chi connectivity index (χ1) is 13.3. The molecule has 0 bridgehead atoms. The highest BCUT2D eigenvalue weighted by Crippen LogP contribution is 2.35. The number of nitrogens with zero attached hydrogens (tertiary/aromatic N) is 2. The van der Waals surface area contributed by atoms with Crippen molar-refractivity contribution in [2.75, 3.05) is 6.26 Å². The molecule has 0 saturated heterocycles. The van der Waals surface area contributed by atoms with Crippen molar-refractivity contribution >= 4 is 22.1 Å². The van der Waals surface area contributed by atoms with Gasteiger partial charge in [-0.2, -0.15) is 0 Å². The fourth-order valence-corrected chi connectivity index (χ4v) is 3.04. The van der Waals surface area contributed by atoms with Gasteiger partial charge in [-0.1, -0.05) is 17.2 Å². The van der Waals surface area contributed by atoms with E-state index in [1.807, 2.05) is 0 Å². The molecule has 4 rings (SSSR count). The molecule has 0 radical (unpaired) electrons. The van der Waals surface area contributed by atoms with Gasteiger partial charge in [-0.15, -0.1) is 18.3 Å². The normalized spacial score (nSPS) is 13.0. The maximum Gasteiger partial charge on any atom is 0.573 e. The van der Waals surface area contributed by atoms with Crippen LogP contribution < -0.4 is 4.74 Å². The van der Waals surface area contributed by atoms with E-state index in [4.69, 9.17) is 8.83 Å². The Kier molecular flexibility index (Phi) is 4.52. The maximum atomic E-state index is 12.5. The minimum atomic E-state index is -4.78. The highest BCUT2D eigenvalue weighted by Gasteiger charge is 2.31. The van der Waals surface area contributed by atoms with E-state index in [9.17, 15) is 17.7 Å². The molecular weight excluding hydrogens is 397 g/mol. The molecule has 0 spiro atoms. The quantitative estimate of drug-likeness (QED) is 0.452. The second kappa shape index (κ2) is 6.88. The molecule has 2 aromatic heterocycles. The van der Waals surface area contributed by atoms with E-state index in [2.05, 4.69) is 14.9 Å². The topological polar surface area (TPSA) is 84.4 Å². The lowest BCUT2D eigenvalue weighted by Gasteiger charge is -2.09. The van der Waals surface area contributed by atoms with E-state index >= 15 is 0 Å². The fourth-order valence-electron chi connectivity index (χ4n) is 2.69. The summed E-state index contributed by atoms with van der Waals surface area (Å²) in [5.41, 5.74) is 2.14. The van der Waals surface area contributed by atoms with Crippen LogP contribution in [0, 0.1) is 0 Å². The number of alkyl halides is 3. The smallest absolute Gasteiger partial charge is 0.573 e. The molecule has 10 heteroatoms. The van der Waals surface area contributed by atoms with Crippen LogP contribution in [-0.2, 0) is 11.2 Å². The summed E-state index contributed by atoms with van der Waals surface area (Å²) in [5.74, 6) is -0.157. The molecule has 1 unspecified atom stereocenters. The van der Waals surface area contributed by atoms with Gasteiger partial charge in [0.15, 0.2) is 0 Å². The third-order valence-electron chi connectivity index (χ3n) is 3.85. The lowest BCUT2D eigenvalue weighted by Crippen LogP contribution is -2.17. The minimum Gasteiger partial charge on any atom is -0.608 e. The van der Waals surface area contributed by atoms with Gasteiger partial charge in [0.2, 0.25) is 0 Å². The van der Waals surface area contributed by atoms with Gasteiger partial charge in [0, 0.05) is 27.7 Å². The van der Waals surface area contributed by atoms with Gasteiger partial charge in [0.1, 0.15) is 17.6 Å². The first-order valence-electron chi connectivity index (χ1n) is 7.85. The Hall–Kier alpha value is -2.98. The first kappa shape index (κ1) is 18.4. The van der Waals surface area contributed by atoms with Crippen molar-refractivity contribution < 1.29 is 31.3 Å². The molecule has 1 atom stereocenters. The Morgan fingerprint density at radius 3 is 2.61 bits per heavy atom. The first-order valence-corrected chi connectivity index (χ1v) is 9.41. The zero-order valence-corrected chi connectivity index (χ0v) is 15.0. The predicted octanol–water partition coefficient (Wildman–Crippen LogP) is 4.79. The molecule has 144 valence electrons. The van der Waals surface area contributed by atoms with Crippen molar-refractivity contribution in [3.63, 3.8) is 0 Å². The zero-order valence-electron chi connectivity index (χ0n) is 14.2. The summed E-state index contributed by atoms with van der Waals surface area (Å²) in [6.07, 6.45) is -1.91. The van der Waals surface area contributed by atoms with Gasteiger partial charge in [-0.3, -0.25) is 0 Å². The van der Waals surface area contributed by atoms with Crippen LogP contribution in [0.25, 0.3) is 33.6 Å². The van der Waals surface area contributed by atoms with Gasteiger partial charge >= 0.3 is 11.6 Å². The Labute approximate surface area is 159 Å². The summed E-state index contributed by atoms with van der Waals surface area (Å²) < 4.78 is 63.7. The largest absolute Gasteiger partial charge is 0.608 e. The third-order valence-corrected chi connectivity index (χ3v) is 4.51. The molecule has 0 N–H and O–H groups in total. The number of ether oxygens (including phenoxy) is 1. The van der Waals surface area contributed by atoms with Crippen molar-refractivity contribution in [1.29, 1.82) is 0 Å². The number of hydrogen-bond donors (Lipinski definition) is 0. The van der Waals surface area contributed by atoms with E-state index in [0.29, 0.717) is 27.7 Å². The highest BCUT2D eigenvalue weighted by atomic mass is 32.2. The molecule has 0 aliphatic carbocycles. The Morgan fingerprint density at radius 2 is 1.89 bits per heavy atom. The monoisotopic (exact) mass is 408 g/mol. The molecular formula is C18H11F3N2O4S. The Morgan fingerprint density at radius 1 is 1.07 bits per heavy atom. The van der Waals surface area contributed by atoms with Crippen LogP contribution in [0.3, 0.4) is 0 Å². The molecule has 0 saturated carbocycles. The summed E-state index contributed by atoms with van der Waals surface area (Å²) >= 11 is -1.41. The number of halogens is 3. The van der Waals surface area contributed by atoms with Crippen LogP contribution >= 0.6 is 0 Å². The highest BCUT2D eigenvalue weighted by molar-refractivity contribution is 7.90. The fraction of sp³-hybridized carbons (Fsp3) is 0.111. The number of hydrogen-bond acceptors (Lipinski definition) is 6. The summed E-state index contributed by atoms with van der Waals surface area (Å²) in [7, 11) is 0. The van der Waals surface area contributed by atoms with Crippen molar-refractivity contribution in [2.45, 2.75) is 11.6 Å². The molecule has 2 aromatic carbocycles. The van der Waals surface area contributed by atoms with Crippen LogP contribution in [0.1, 0.15) is 0 Å². The third kappa shape index (κ3) is 3.69. The summed E-state index contributed by atoms with van der Waals surface area (Å²) in [6.45, 7) is 0. The van der Waals surface area contributed by atoms with E-state index < -0.39 is 17.5 Å². The summed E-state index contributed by atoms with van der Waals surface area (Å²) in [5, 5.41) is 8.23. The molecule has 0 amide bonds. The van der Waals surface area contributed by atoms with Crippen LogP contribution in [0.4, 0.5) is 13.2 Å². The summed E-state index contributed by atoms with van der Waals surface area (Å²) in [6, 6.07) is 10.7. The SMILES string of the molecule is C[S+]([O-])c1nnc(-c2ccc3occ(-c4cccc(OC(F)(F)F)c4)c3c2)o1. The standard InChI is InChI=1S/C18H11F3N2O4S/c1-28(24)17-23-22-16(26-17)11-5-6-15-13(8-11)14(9-25-15)10-3-2-4-12(7-10)27-18(19,20)21/h2-9H,1H3. The average Bonchev–Trinajstić information content (AvgIpc) is 3.27. The Balaban J connectivity index is 1.75. The Bertz CT molecular complexity index is 1140. The van der Waals surface area contributed by atoms with E-state index in [0.717, 1.165) is 0 Å². The minimum absolute atomic E-state index is 0.000449. The lowest BCUT2D eigenvalue weighted by molar-refractivity contribution is -0.274. The zero-order chi connectivity index (χ0) is 19.9. The average molecular weight is 408 g/mol. The molecule has 0 aliphatic rings. The van der Waals surface area contributed by atoms with Crippen molar-refractivity contribution in [2.24, 2.45) is 0 Å². The van der Waals surface area contributed by atoms with E-state index in [1.54, 1.807) is 24.3 Å². The van der Waals surface area contributed by atoms with Crippen molar-refractivity contribution in [3.05, 3.63) is 48.7 Å². The van der Waals surface area contributed by atoms with Gasteiger partial charge in [-0.25, -0.2) is 0 Å². The van der Waals surface area contributed by atoms with E-state index in [-0.39, 0.29) is 16.9 Å². The van der Waals surface area contributed by atoms with Crippen molar-refractivity contribution in [1.82, 2.24) is 10.2 Å². The molecule has 0 aliphatic heterocycles. The van der Waals surface area contributed by atoms with Crippen LogP contribution in [0.2, 0.25) is 0 Å². The van der Waals surface area contributed by atoms with E-state index in [1.165, 1.54) is 30.7 Å². The molecule has 28 heavy (non-hydrogen) atoms. The number of aromatic nitrogens is 2. The van der Waals surface area contributed by atoms with Crippen molar-refractivity contribution in [3.8, 4) is 28.3 Å². The predicted molar refractivity (Wildman–Crippen MR) is 94.0 cm³/mol. The number of furan rings is 1. The lowest BCUT2D eigenvalue weighted by atomic mass is 10.0.